The van der Waals surface area contributed by atoms with Gasteiger partial charge in [-0.25, -0.2) is 0 Å². The summed E-state index contributed by atoms with van der Waals surface area (Å²) in [5.74, 6) is 1.13. The zero-order chi connectivity index (χ0) is 23.8. The molecule has 2 aliphatic rings. The number of likely N-dealkylation sites (tertiary alicyclic amines) is 1. The lowest BCUT2D eigenvalue weighted by atomic mass is 9.92. The van der Waals surface area contributed by atoms with Crippen LogP contribution in [0.1, 0.15) is 77.6 Å². The molecule has 32 heavy (non-hydrogen) atoms. The topological polar surface area (TPSA) is 143 Å². The summed E-state index contributed by atoms with van der Waals surface area (Å²) >= 11 is 0. The summed E-state index contributed by atoms with van der Waals surface area (Å²) < 4.78 is 0. The number of hydrogen-bond acceptors (Lipinski definition) is 5. The van der Waals surface area contributed by atoms with E-state index in [4.69, 9.17) is 11.5 Å². The number of nitrogens with two attached hydrogens (primary N) is 2. The van der Waals surface area contributed by atoms with Crippen LogP contribution in [0.25, 0.3) is 0 Å². The van der Waals surface area contributed by atoms with Crippen LogP contribution in [-0.4, -0.2) is 67.7 Å². The molecular weight excluding hydrogens is 408 g/mol. The minimum absolute atomic E-state index is 0.0333. The molecule has 6 N–H and O–H groups in total. The van der Waals surface area contributed by atoms with E-state index in [1.54, 1.807) is 0 Å². The summed E-state index contributed by atoms with van der Waals surface area (Å²) in [7, 11) is 1.94. The van der Waals surface area contributed by atoms with E-state index in [9.17, 15) is 14.4 Å². The van der Waals surface area contributed by atoms with Crippen LogP contribution < -0.4 is 22.1 Å². The van der Waals surface area contributed by atoms with Gasteiger partial charge in [0.2, 0.25) is 12.3 Å². The van der Waals surface area contributed by atoms with Crippen molar-refractivity contribution in [1.29, 1.82) is 0 Å². The molecule has 0 aromatic carbocycles. The number of amides is 2. The van der Waals surface area contributed by atoms with E-state index < -0.39 is 6.04 Å². The fourth-order valence-corrected chi connectivity index (χ4v) is 4.53. The first kappa shape index (κ1) is 27.9. The molecule has 184 valence electrons. The largest absolute Gasteiger partial charge is 0.370 e. The zero-order valence-electron chi connectivity index (χ0n) is 19.9. The van der Waals surface area contributed by atoms with Crippen molar-refractivity contribution in [2.45, 2.75) is 95.7 Å². The summed E-state index contributed by atoms with van der Waals surface area (Å²) in [6.07, 6.45) is 13.9. The summed E-state index contributed by atoms with van der Waals surface area (Å²) in [5.41, 5.74) is 10.2. The number of aldehydes is 1. The Morgan fingerprint density at radius 1 is 1.12 bits per heavy atom. The quantitative estimate of drug-likeness (QED) is 0.122. The maximum Gasteiger partial charge on any atom is 0.239 e. The van der Waals surface area contributed by atoms with Gasteiger partial charge < -0.3 is 31.8 Å². The first-order valence-corrected chi connectivity index (χ1v) is 12.1. The molecule has 1 heterocycles. The fraction of sp³-hybridized carbons (Fsp3) is 0.826. The number of carbonyl (C=O) groups is 3. The highest BCUT2D eigenvalue weighted by Gasteiger charge is 2.31. The zero-order valence-corrected chi connectivity index (χ0v) is 19.9. The third kappa shape index (κ3) is 10.9. The third-order valence-corrected chi connectivity index (χ3v) is 6.44. The van der Waals surface area contributed by atoms with Gasteiger partial charge in [-0.1, -0.05) is 38.5 Å². The number of rotatable bonds is 11. The molecule has 0 aromatic rings. The fourth-order valence-electron chi connectivity index (χ4n) is 4.53. The van der Waals surface area contributed by atoms with Crippen LogP contribution in [0.15, 0.2) is 4.99 Å². The lowest BCUT2D eigenvalue weighted by Crippen LogP contribution is -2.47. The van der Waals surface area contributed by atoms with Crippen LogP contribution in [-0.2, 0) is 14.4 Å². The van der Waals surface area contributed by atoms with Crippen molar-refractivity contribution in [3.63, 3.8) is 0 Å². The maximum atomic E-state index is 12.6. The molecule has 1 saturated heterocycles. The van der Waals surface area contributed by atoms with Crippen molar-refractivity contribution in [2.24, 2.45) is 22.4 Å². The van der Waals surface area contributed by atoms with Crippen molar-refractivity contribution in [3.8, 4) is 0 Å². The first-order chi connectivity index (χ1) is 15.4. The normalized spacial score (nSPS) is 20.8. The molecule has 2 fully saturated rings. The van der Waals surface area contributed by atoms with Gasteiger partial charge in [-0.15, -0.1) is 0 Å². The van der Waals surface area contributed by atoms with E-state index in [1.165, 1.54) is 51.4 Å². The lowest BCUT2D eigenvalue weighted by Gasteiger charge is -2.28. The molecule has 9 nitrogen and oxygen atoms in total. The molecule has 2 rings (SSSR count). The van der Waals surface area contributed by atoms with E-state index >= 15 is 0 Å². The standard InChI is InChI=1S/C16H30N2O.C7H14N4O2/c1-13-8-7-11-18(13)16(19)15(17-2)12-14-9-5-3-4-6-10-14;8-7(9)10-3-1-2-6(4-12)11-5-13/h13-15,17H,3-12H2,1-2H3;4-6H,1-3H2,(H,11,13)(H4,8,9,10)/t13-,15-;6-/m10/s1. The number of likely N-dealkylation sites (N-methyl/N-ethyl adjacent to an activating group) is 1. The predicted octanol–water partition coefficient (Wildman–Crippen LogP) is 1.30. The van der Waals surface area contributed by atoms with Crippen LogP contribution in [0.4, 0.5) is 0 Å². The number of guanidine groups is 1. The molecular formula is C23H44N6O3. The molecule has 1 aliphatic carbocycles. The van der Waals surface area contributed by atoms with E-state index in [-0.39, 0.29) is 12.0 Å². The minimum atomic E-state index is -0.438. The summed E-state index contributed by atoms with van der Waals surface area (Å²) in [6, 6.07) is 0.0489. The first-order valence-electron chi connectivity index (χ1n) is 12.1. The van der Waals surface area contributed by atoms with Gasteiger partial charge in [0.1, 0.15) is 6.29 Å². The molecule has 9 heteroatoms. The molecule has 1 aliphatic heterocycles. The van der Waals surface area contributed by atoms with Gasteiger partial charge in [-0.05, 0) is 52.0 Å². The monoisotopic (exact) mass is 452 g/mol. The number of nitrogens with one attached hydrogen (secondary N) is 2. The molecule has 0 unspecified atom stereocenters. The van der Waals surface area contributed by atoms with Crippen LogP contribution in [0, 0.1) is 5.92 Å². The summed E-state index contributed by atoms with van der Waals surface area (Å²) in [4.78, 5) is 38.7. The molecule has 0 radical (unpaired) electrons. The smallest absolute Gasteiger partial charge is 0.239 e. The van der Waals surface area contributed by atoms with E-state index in [2.05, 4.69) is 27.4 Å². The molecule has 0 aromatic heterocycles. The van der Waals surface area contributed by atoms with Gasteiger partial charge in [0.05, 0.1) is 12.1 Å². The second-order valence-electron chi connectivity index (χ2n) is 8.93. The van der Waals surface area contributed by atoms with Gasteiger partial charge in [0, 0.05) is 19.1 Å². The summed E-state index contributed by atoms with van der Waals surface area (Å²) in [5, 5.41) is 5.64. The molecule has 0 bridgehead atoms. The Morgan fingerprint density at radius 2 is 1.81 bits per heavy atom. The highest BCUT2D eigenvalue weighted by atomic mass is 16.2. The van der Waals surface area contributed by atoms with Crippen molar-refractivity contribution >= 4 is 24.6 Å². The van der Waals surface area contributed by atoms with Crippen molar-refractivity contribution in [3.05, 3.63) is 0 Å². The van der Waals surface area contributed by atoms with E-state index in [1.807, 2.05) is 7.05 Å². The summed E-state index contributed by atoms with van der Waals surface area (Å²) in [6.45, 7) is 3.61. The minimum Gasteiger partial charge on any atom is -0.370 e. The van der Waals surface area contributed by atoms with Gasteiger partial charge in [-0.3, -0.25) is 14.6 Å². The lowest BCUT2D eigenvalue weighted by molar-refractivity contribution is -0.134. The van der Waals surface area contributed by atoms with Crippen LogP contribution in [0.3, 0.4) is 0 Å². The Labute approximate surface area is 193 Å². The van der Waals surface area contributed by atoms with Crippen LogP contribution in [0.2, 0.25) is 0 Å². The number of carbonyl (C=O) groups excluding carboxylic acids is 3. The molecule has 3 atom stereocenters. The number of aliphatic imine (C=N–C) groups is 1. The van der Waals surface area contributed by atoms with Crippen LogP contribution in [0.5, 0.6) is 0 Å². The van der Waals surface area contributed by atoms with E-state index in [0.29, 0.717) is 44.0 Å². The number of hydrogen-bond donors (Lipinski definition) is 4. The van der Waals surface area contributed by atoms with Gasteiger partial charge in [0.15, 0.2) is 5.96 Å². The van der Waals surface area contributed by atoms with Gasteiger partial charge >= 0.3 is 0 Å². The molecule has 0 spiro atoms. The molecule has 2 amide bonds. The Morgan fingerprint density at radius 3 is 2.31 bits per heavy atom. The second kappa shape index (κ2) is 16.5. The van der Waals surface area contributed by atoms with Gasteiger partial charge in [-0.2, -0.15) is 0 Å². The Hall–Kier alpha value is -2.16. The van der Waals surface area contributed by atoms with Crippen LogP contribution >= 0.6 is 0 Å². The Bertz CT molecular complexity index is 574. The maximum absolute atomic E-state index is 12.6. The van der Waals surface area contributed by atoms with Crippen molar-refractivity contribution in [1.82, 2.24) is 15.5 Å². The predicted molar refractivity (Wildman–Crippen MR) is 128 cm³/mol. The highest BCUT2D eigenvalue weighted by Crippen LogP contribution is 2.27. The van der Waals surface area contributed by atoms with E-state index in [0.717, 1.165) is 18.9 Å². The average molecular weight is 453 g/mol. The average Bonchev–Trinajstić information content (AvgIpc) is 3.04. The Balaban J connectivity index is 0.000000347. The van der Waals surface area contributed by atoms with Gasteiger partial charge in [0.25, 0.3) is 0 Å². The highest BCUT2D eigenvalue weighted by molar-refractivity contribution is 5.82. The molecule has 1 saturated carbocycles. The number of nitrogens with zero attached hydrogens (tertiary/aromatic N) is 2. The van der Waals surface area contributed by atoms with Crippen molar-refractivity contribution < 1.29 is 14.4 Å². The Kier molecular flexibility index (Phi) is 14.3. The van der Waals surface area contributed by atoms with Crippen molar-refractivity contribution in [2.75, 3.05) is 20.1 Å². The second-order valence-corrected chi connectivity index (χ2v) is 8.93. The third-order valence-electron chi connectivity index (χ3n) is 6.44. The SMILES string of the molecule is CN[C@H](CC1CCCCCC1)C(=O)N1CCC[C@H]1C.NC(N)=NCCC[C@@H](C=O)NC=O.